The summed E-state index contributed by atoms with van der Waals surface area (Å²) in [5.41, 5.74) is 1.90. The van der Waals surface area contributed by atoms with E-state index in [1.807, 2.05) is 29.6 Å². The fourth-order valence-electron chi connectivity index (χ4n) is 3.58. The van der Waals surface area contributed by atoms with Crippen LogP contribution in [0.25, 0.3) is 26.7 Å². The Balaban J connectivity index is 1.80. The first-order valence-corrected chi connectivity index (χ1v) is 10.9. The number of aliphatic carboxylic acids is 1. The number of aromatic nitrogens is 2. The van der Waals surface area contributed by atoms with E-state index in [9.17, 15) is 9.59 Å². The van der Waals surface area contributed by atoms with Gasteiger partial charge in [0.1, 0.15) is 4.83 Å². The van der Waals surface area contributed by atoms with E-state index in [1.54, 1.807) is 10.6 Å². The van der Waals surface area contributed by atoms with Crippen molar-refractivity contribution in [3.63, 3.8) is 0 Å². The van der Waals surface area contributed by atoms with Crippen molar-refractivity contribution >= 4 is 50.1 Å². The zero-order valence-corrected chi connectivity index (χ0v) is 16.4. The van der Waals surface area contributed by atoms with Gasteiger partial charge in [0.2, 0.25) is 0 Å². The van der Waals surface area contributed by atoms with E-state index in [4.69, 9.17) is 5.11 Å². The summed E-state index contributed by atoms with van der Waals surface area (Å²) in [5, 5.41) is 14.1. The molecule has 0 atom stereocenters. The standard InChI is InChI=1S/C21H16N2O3S2/c24-18(25)11-28-21-22-19-16(9-10-27-19)20(26)23(21)17-8-7-13(12-5-6-12)14-3-1-2-4-15(14)17/h1-4,7-10,12H,5-6,11H2,(H,24,25). The van der Waals surface area contributed by atoms with Gasteiger partial charge >= 0.3 is 5.97 Å². The predicted molar refractivity (Wildman–Crippen MR) is 113 cm³/mol. The van der Waals surface area contributed by atoms with Gasteiger partial charge < -0.3 is 5.11 Å². The first kappa shape index (κ1) is 17.5. The smallest absolute Gasteiger partial charge is 0.313 e. The van der Waals surface area contributed by atoms with E-state index in [0.29, 0.717) is 21.3 Å². The van der Waals surface area contributed by atoms with Gasteiger partial charge in [0.25, 0.3) is 5.56 Å². The second-order valence-corrected chi connectivity index (χ2v) is 8.69. The first-order chi connectivity index (χ1) is 13.6. The molecule has 5 rings (SSSR count). The molecule has 5 nitrogen and oxygen atoms in total. The molecule has 2 heterocycles. The van der Waals surface area contributed by atoms with Crippen molar-refractivity contribution in [1.82, 2.24) is 9.55 Å². The minimum absolute atomic E-state index is 0.151. The van der Waals surface area contributed by atoms with E-state index in [-0.39, 0.29) is 11.3 Å². The van der Waals surface area contributed by atoms with Crippen molar-refractivity contribution < 1.29 is 9.90 Å². The SMILES string of the molecule is O=C(O)CSc1nc2sccc2c(=O)n1-c1ccc(C2CC2)c2ccccc12. The highest BCUT2D eigenvalue weighted by atomic mass is 32.2. The van der Waals surface area contributed by atoms with Crippen LogP contribution in [0, 0.1) is 0 Å². The minimum atomic E-state index is -0.939. The van der Waals surface area contributed by atoms with E-state index < -0.39 is 5.97 Å². The van der Waals surface area contributed by atoms with Gasteiger partial charge in [-0.1, -0.05) is 42.1 Å². The number of hydrogen-bond donors (Lipinski definition) is 1. The van der Waals surface area contributed by atoms with Crippen LogP contribution in [0.5, 0.6) is 0 Å². The lowest BCUT2D eigenvalue weighted by Gasteiger charge is -2.15. The molecule has 1 fully saturated rings. The number of nitrogens with zero attached hydrogens (tertiary/aromatic N) is 2. The Morgan fingerprint density at radius 3 is 2.68 bits per heavy atom. The topological polar surface area (TPSA) is 72.2 Å². The number of benzene rings is 2. The molecular formula is C21H16N2O3S2. The van der Waals surface area contributed by atoms with E-state index in [0.717, 1.165) is 28.2 Å². The molecule has 0 unspecified atom stereocenters. The van der Waals surface area contributed by atoms with Gasteiger partial charge in [-0.2, -0.15) is 0 Å². The van der Waals surface area contributed by atoms with Gasteiger partial charge in [-0.15, -0.1) is 11.3 Å². The van der Waals surface area contributed by atoms with Crippen LogP contribution < -0.4 is 5.56 Å². The summed E-state index contributed by atoms with van der Waals surface area (Å²) in [6.07, 6.45) is 2.40. The summed E-state index contributed by atoms with van der Waals surface area (Å²) in [6.45, 7) is 0. The normalized spacial score (nSPS) is 14.0. The molecule has 1 saturated carbocycles. The lowest BCUT2D eigenvalue weighted by molar-refractivity contribution is -0.133. The van der Waals surface area contributed by atoms with Gasteiger partial charge in [0.15, 0.2) is 5.16 Å². The second-order valence-electron chi connectivity index (χ2n) is 6.85. The average Bonchev–Trinajstić information content (AvgIpc) is 3.43. The summed E-state index contributed by atoms with van der Waals surface area (Å²) in [7, 11) is 0. The zero-order chi connectivity index (χ0) is 19.3. The van der Waals surface area contributed by atoms with Crippen molar-refractivity contribution in [3.05, 3.63) is 63.8 Å². The van der Waals surface area contributed by atoms with Crippen LogP contribution >= 0.6 is 23.1 Å². The number of hydrogen-bond acceptors (Lipinski definition) is 5. The Morgan fingerprint density at radius 2 is 1.93 bits per heavy atom. The Hall–Kier alpha value is -2.64. The van der Waals surface area contributed by atoms with Crippen LogP contribution in [-0.4, -0.2) is 26.4 Å². The molecule has 2 aromatic heterocycles. The highest BCUT2D eigenvalue weighted by molar-refractivity contribution is 7.99. The summed E-state index contributed by atoms with van der Waals surface area (Å²) >= 11 is 2.46. The number of fused-ring (bicyclic) bond motifs is 2. The predicted octanol–water partition coefficient (Wildman–Crippen LogP) is 4.65. The summed E-state index contributed by atoms with van der Waals surface area (Å²) in [6, 6.07) is 13.9. The average molecular weight is 409 g/mol. The molecule has 0 amide bonds. The number of carboxylic acids is 1. The molecule has 0 aliphatic heterocycles. The van der Waals surface area contributed by atoms with Crippen LogP contribution in [0.2, 0.25) is 0 Å². The quantitative estimate of drug-likeness (QED) is 0.384. The molecule has 1 aliphatic rings. The third-order valence-corrected chi connectivity index (χ3v) is 6.71. The summed E-state index contributed by atoms with van der Waals surface area (Å²) in [4.78, 5) is 29.7. The number of thiophene rings is 1. The van der Waals surface area contributed by atoms with Gasteiger partial charge in [-0.25, -0.2) is 4.98 Å². The van der Waals surface area contributed by atoms with Gasteiger partial charge in [0.05, 0.1) is 16.8 Å². The molecular weight excluding hydrogens is 392 g/mol. The molecule has 0 saturated heterocycles. The molecule has 0 spiro atoms. The third-order valence-electron chi connectivity index (χ3n) is 4.98. The van der Waals surface area contributed by atoms with Crippen LogP contribution in [0.4, 0.5) is 0 Å². The molecule has 0 radical (unpaired) electrons. The molecule has 1 N–H and O–H groups in total. The number of thioether (sulfide) groups is 1. The highest BCUT2D eigenvalue weighted by Gasteiger charge is 2.26. The van der Waals surface area contributed by atoms with Crippen molar-refractivity contribution in [1.29, 1.82) is 0 Å². The fourth-order valence-corrected chi connectivity index (χ4v) is 5.11. The lowest BCUT2D eigenvalue weighted by atomic mass is 9.99. The maximum atomic E-state index is 13.3. The summed E-state index contributed by atoms with van der Waals surface area (Å²) < 4.78 is 1.57. The molecule has 140 valence electrons. The first-order valence-electron chi connectivity index (χ1n) is 9.00. The monoisotopic (exact) mass is 408 g/mol. The molecule has 7 heteroatoms. The molecule has 2 aromatic carbocycles. The largest absolute Gasteiger partial charge is 0.481 e. The van der Waals surface area contributed by atoms with Crippen LogP contribution in [0.1, 0.15) is 24.3 Å². The van der Waals surface area contributed by atoms with Crippen molar-refractivity contribution in [2.45, 2.75) is 23.9 Å². The Morgan fingerprint density at radius 1 is 1.14 bits per heavy atom. The maximum Gasteiger partial charge on any atom is 0.313 e. The van der Waals surface area contributed by atoms with Crippen molar-refractivity contribution in [3.8, 4) is 5.69 Å². The van der Waals surface area contributed by atoms with Crippen molar-refractivity contribution in [2.24, 2.45) is 0 Å². The van der Waals surface area contributed by atoms with Crippen LogP contribution in [0.15, 0.2) is 57.8 Å². The molecule has 0 bridgehead atoms. The second kappa shape index (κ2) is 6.76. The minimum Gasteiger partial charge on any atom is -0.481 e. The Kier molecular flexibility index (Phi) is 4.21. The number of carboxylic acid groups (broad SMARTS) is 1. The Bertz CT molecular complexity index is 1290. The van der Waals surface area contributed by atoms with Crippen molar-refractivity contribution in [2.75, 3.05) is 5.75 Å². The van der Waals surface area contributed by atoms with Gasteiger partial charge in [0, 0.05) is 5.39 Å². The molecule has 28 heavy (non-hydrogen) atoms. The highest BCUT2D eigenvalue weighted by Crippen LogP contribution is 2.44. The summed E-state index contributed by atoms with van der Waals surface area (Å²) in [5.74, 6) is -0.499. The van der Waals surface area contributed by atoms with E-state index in [1.165, 1.54) is 29.7 Å². The number of rotatable bonds is 5. The van der Waals surface area contributed by atoms with Crippen LogP contribution in [0.3, 0.4) is 0 Å². The van der Waals surface area contributed by atoms with E-state index in [2.05, 4.69) is 17.1 Å². The number of carbonyl (C=O) groups is 1. The van der Waals surface area contributed by atoms with Gasteiger partial charge in [-0.05, 0) is 47.2 Å². The fraction of sp³-hybridized carbons (Fsp3) is 0.190. The van der Waals surface area contributed by atoms with Crippen LogP contribution in [-0.2, 0) is 4.79 Å². The molecule has 1 aliphatic carbocycles. The third kappa shape index (κ3) is 2.91. The molecule has 4 aromatic rings. The lowest BCUT2D eigenvalue weighted by Crippen LogP contribution is -2.22. The van der Waals surface area contributed by atoms with E-state index >= 15 is 0 Å². The van der Waals surface area contributed by atoms with Gasteiger partial charge in [-0.3, -0.25) is 14.2 Å². The Labute approximate surface area is 168 Å². The zero-order valence-electron chi connectivity index (χ0n) is 14.8. The maximum absolute atomic E-state index is 13.3.